The average molecular weight is 239 g/mol. The maximum atomic E-state index is 11.7. The van der Waals surface area contributed by atoms with Crippen LogP contribution in [0.2, 0.25) is 0 Å². The van der Waals surface area contributed by atoms with Crippen molar-refractivity contribution in [1.82, 2.24) is 4.98 Å². The lowest BCUT2D eigenvalue weighted by Crippen LogP contribution is -2.15. The van der Waals surface area contributed by atoms with Crippen molar-refractivity contribution in [1.29, 1.82) is 0 Å². The molecular weight excluding hydrogens is 230 g/mol. The van der Waals surface area contributed by atoms with Crippen LogP contribution in [0.3, 0.4) is 0 Å². The number of hydrogen-bond acceptors (Lipinski definition) is 3. The highest BCUT2D eigenvalue weighted by Crippen LogP contribution is 2.12. The first-order chi connectivity index (χ1) is 7.39. The molecule has 0 unspecified atom stereocenters. The van der Waals surface area contributed by atoms with E-state index in [9.17, 15) is 13.2 Å². The molecule has 6 heteroatoms. The van der Waals surface area contributed by atoms with E-state index in [4.69, 9.17) is 4.55 Å². The number of aryl methyl sites for hydroxylation is 1. The fourth-order valence-electron chi connectivity index (χ4n) is 1.51. The molecule has 0 aliphatic heterocycles. The lowest BCUT2D eigenvalue weighted by Gasteiger charge is -2.01. The largest absolute Gasteiger partial charge is 0.360 e. The minimum atomic E-state index is -4.48. The molecule has 5 nitrogen and oxygen atoms in total. The molecule has 0 fully saturated rings. The van der Waals surface area contributed by atoms with Crippen LogP contribution in [0.15, 0.2) is 34.1 Å². The van der Waals surface area contributed by atoms with Crippen molar-refractivity contribution in [2.24, 2.45) is 0 Å². The second-order valence-electron chi connectivity index (χ2n) is 3.51. The number of rotatable bonds is 1. The molecule has 0 saturated heterocycles. The molecule has 2 rings (SSSR count). The molecule has 84 valence electrons. The molecule has 0 amide bonds. The summed E-state index contributed by atoms with van der Waals surface area (Å²) in [5.74, 6) is 0. The lowest BCUT2D eigenvalue weighted by molar-refractivity contribution is 0.482. The Labute approximate surface area is 91.5 Å². The van der Waals surface area contributed by atoms with Crippen molar-refractivity contribution in [2.75, 3.05) is 0 Å². The summed E-state index contributed by atoms with van der Waals surface area (Å²) in [5, 5.41) is 0.237. The van der Waals surface area contributed by atoms with Crippen LogP contribution in [0.1, 0.15) is 5.56 Å². The van der Waals surface area contributed by atoms with Gasteiger partial charge in [0.05, 0.1) is 0 Å². The molecule has 16 heavy (non-hydrogen) atoms. The second kappa shape index (κ2) is 3.43. The van der Waals surface area contributed by atoms with Crippen molar-refractivity contribution in [2.45, 2.75) is 11.8 Å². The maximum absolute atomic E-state index is 11.7. The zero-order chi connectivity index (χ0) is 11.9. The van der Waals surface area contributed by atoms with Gasteiger partial charge in [0.15, 0.2) is 4.90 Å². The SMILES string of the molecule is Cc1ccc2c(=O)c(S(=O)(=O)O)c[nH]c2c1. The Morgan fingerprint density at radius 2 is 2.00 bits per heavy atom. The van der Waals surface area contributed by atoms with Crippen molar-refractivity contribution >= 4 is 21.0 Å². The number of fused-ring (bicyclic) bond motifs is 1. The Kier molecular flexibility index (Phi) is 2.32. The summed E-state index contributed by atoms with van der Waals surface area (Å²) in [5.41, 5.74) is 0.788. The van der Waals surface area contributed by atoms with Crippen molar-refractivity contribution in [3.05, 3.63) is 40.2 Å². The van der Waals surface area contributed by atoms with E-state index in [1.54, 1.807) is 12.1 Å². The van der Waals surface area contributed by atoms with Gasteiger partial charge in [0.25, 0.3) is 10.1 Å². The van der Waals surface area contributed by atoms with E-state index in [0.29, 0.717) is 5.52 Å². The minimum absolute atomic E-state index is 0.237. The lowest BCUT2D eigenvalue weighted by atomic mass is 10.1. The Bertz CT molecular complexity index is 715. The Hall–Kier alpha value is -1.66. The quantitative estimate of drug-likeness (QED) is 0.729. The van der Waals surface area contributed by atoms with Gasteiger partial charge < -0.3 is 4.98 Å². The number of H-pyrrole nitrogens is 1. The molecule has 2 N–H and O–H groups in total. The predicted octanol–water partition coefficient (Wildman–Crippen LogP) is 1.08. The molecule has 0 atom stereocenters. The zero-order valence-corrected chi connectivity index (χ0v) is 9.21. The van der Waals surface area contributed by atoms with E-state index in [-0.39, 0.29) is 5.39 Å². The first-order valence-electron chi connectivity index (χ1n) is 4.49. The summed E-state index contributed by atoms with van der Waals surface area (Å²) in [7, 11) is -4.48. The normalized spacial score (nSPS) is 11.9. The summed E-state index contributed by atoms with van der Waals surface area (Å²) in [6.45, 7) is 1.86. The summed E-state index contributed by atoms with van der Waals surface area (Å²) < 4.78 is 30.6. The standard InChI is InChI=1S/C10H9NO4S/c1-6-2-3-7-8(4-6)11-5-9(10(7)12)16(13,14)15/h2-5H,1H3,(H,11,12)(H,13,14,15). The average Bonchev–Trinajstić information content (AvgIpc) is 2.15. The molecule has 1 heterocycles. The van der Waals surface area contributed by atoms with Crippen molar-refractivity contribution in [3.63, 3.8) is 0 Å². The van der Waals surface area contributed by atoms with Gasteiger partial charge in [-0.2, -0.15) is 8.42 Å². The number of nitrogens with one attached hydrogen (secondary N) is 1. The molecule has 1 aromatic carbocycles. The van der Waals surface area contributed by atoms with Crippen LogP contribution in [0.4, 0.5) is 0 Å². The van der Waals surface area contributed by atoms with Gasteiger partial charge >= 0.3 is 0 Å². The van der Waals surface area contributed by atoms with Crippen LogP contribution in [-0.4, -0.2) is 18.0 Å². The third kappa shape index (κ3) is 1.72. The first kappa shape index (κ1) is 10.8. The molecule has 0 radical (unpaired) electrons. The van der Waals surface area contributed by atoms with Crippen molar-refractivity contribution < 1.29 is 13.0 Å². The Balaban J connectivity index is 2.92. The minimum Gasteiger partial charge on any atom is -0.360 e. The topological polar surface area (TPSA) is 87.2 Å². The number of aromatic amines is 1. The van der Waals surface area contributed by atoms with Crippen LogP contribution >= 0.6 is 0 Å². The Morgan fingerprint density at radius 3 is 2.62 bits per heavy atom. The van der Waals surface area contributed by atoms with E-state index in [0.717, 1.165) is 11.8 Å². The second-order valence-corrected chi connectivity index (χ2v) is 4.90. The van der Waals surface area contributed by atoms with Gasteiger partial charge in [-0.15, -0.1) is 0 Å². The molecule has 1 aromatic heterocycles. The Morgan fingerprint density at radius 1 is 1.31 bits per heavy atom. The van der Waals surface area contributed by atoms with Gasteiger partial charge in [-0.3, -0.25) is 9.35 Å². The molecule has 0 spiro atoms. The van der Waals surface area contributed by atoms with Gasteiger partial charge in [-0.25, -0.2) is 0 Å². The van der Waals surface area contributed by atoms with Crippen LogP contribution in [0, 0.1) is 6.92 Å². The number of pyridine rings is 1. The highest BCUT2D eigenvalue weighted by atomic mass is 32.2. The van der Waals surface area contributed by atoms with Crippen LogP contribution in [0.25, 0.3) is 10.9 Å². The third-order valence-corrected chi connectivity index (χ3v) is 3.14. The zero-order valence-electron chi connectivity index (χ0n) is 8.39. The maximum Gasteiger partial charge on any atom is 0.299 e. The highest BCUT2D eigenvalue weighted by Gasteiger charge is 2.16. The highest BCUT2D eigenvalue weighted by molar-refractivity contribution is 7.85. The number of aromatic nitrogens is 1. The molecule has 0 bridgehead atoms. The molecular formula is C10H9NO4S. The first-order valence-corrected chi connectivity index (χ1v) is 5.93. The van der Waals surface area contributed by atoms with Crippen molar-refractivity contribution in [3.8, 4) is 0 Å². The van der Waals surface area contributed by atoms with E-state index in [2.05, 4.69) is 4.98 Å². The third-order valence-electron chi connectivity index (χ3n) is 2.28. The molecule has 0 aliphatic rings. The number of hydrogen-bond donors (Lipinski definition) is 2. The summed E-state index contributed by atoms with van der Waals surface area (Å²) in [6.07, 6.45) is 0.999. The van der Waals surface area contributed by atoms with Gasteiger partial charge in [0, 0.05) is 17.1 Å². The monoisotopic (exact) mass is 239 g/mol. The molecule has 0 saturated carbocycles. The van der Waals surface area contributed by atoms with E-state index in [1.807, 2.05) is 6.92 Å². The molecule has 2 aromatic rings. The van der Waals surface area contributed by atoms with Crippen LogP contribution < -0.4 is 5.43 Å². The van der Waals surface area contributed by atoms with Gasteiger partial charge in [-0.1, -0.05) is 6.07 Å². The summed E-state index contributed by atoms with van der Waals surface area (Å²) in [4.78, 5) is 13.8. The fourth-order valence-corrected chi connectivity index (χ4v) is 2.06. The van der Waals surface area contributed by atoms with E-state index in [1.165, 1.54) is 6.07 Å². The van der Waals surface area contributed by atoms with Gasteiger partial charge in [0.2, 0.25) is 5.43 Å². The van der Waals surface area contributed by atoms with Crippen LogP contribution in [0.5, 0.6) is 0 Å². The number of benzene rings is 1. The van der Waals surface area contributed by atoms with E-state index >= 15 is 0 Å². The predicted molar refractivity (Wildman–Crippen MR) is 59.1 cm³/mol. The fraction of sp³-hybridized carbons (Fsp3) is 0.100. The molecule has 0 aliphatic carbocycles. The summed E-state index contributed by atoms with van der Waals surface area (Å²) >= 11 is 0. The van der Waals surface area contributed by atoms with Gasteiger partial charge in [-0.05, 0) is 24.6 Å². The smallest absolute Gasteiger partial charge is 0.299 e. The van der Waals surface area contributed by atoms with E-state index < -0.39 is 20.4 Å². The van der Waals surface area contributed by atoms with Crippen LogP contribution in [-0.2, 0) is 10.1 Å². The summed E-state index contributed by atoms with van der Waals surface area (Å²) in [6, 6.07) is 4.95. The van der Waals surface area contributed by atoms with Gasteiger partial charge in [0.1, 0.15) is 0 Å².